The monoisotopic (exact) mass is 348 g/mol. The molecule has 1 radical (unpaired) electrons. The maximum absolute atomic E-state index is 10.3. The summed E-state index contributed by atoms with van der Waals surface area (Å²) in [6.45, 7) is 0. The molecule has 8 N–H and O–H groups in total. The molecule has 0 fully saturated rings. The minimum absolute atomic E-state index is 0. The van der Waals surface area contributed by atoms with Crippen molar-refractivity contribution in [3.63, 3.8) is 0 Å². The fourth-order valence-corrected chi connectivity index (χ4v) is 0.990. The van der Waals surface area contributed by atoms with Gasteiger partial charge in [0.15, 0.2) is 5.60 Å². The summed E-state index contributed by atoms with van der Waals surface area (Å²) in [5.41, 5.74) is 2.10. The standard InChI is InChI=1S/C6H8O7.C4H7NO4.Na/c7-3(8)1-6(13,5(11)12)2-4(9)10;5-2(4(8)9)1-3(6)7;/h13H,1-2H2,(H,7,8)(H,9,10)(H,11,12);2H,1,5H2,(H,6,7)(H,8,9);/t;2-;/m.0./s1. The van der Waals surface area contributed by atoms with Crippen LogP contribution in [-0.4, -0.2) is 102 Å². The molecule has 13 heteroatoms. The number of carbonyl (C=O) groups is 5. The zero-order valence-electron chi connectivity index (χ0n) is 12.0. The van der Waals surface area contributed by atoms with E-state index < -0.39 is 60.8 Å². The van der Waals surface area contributed by atoms with Crippen LogP contribution in [0.4, 0.5) is 0 Å². The van der Waals surface area contributed by atoms with Gasteiger partial charge >= 0.3 is 29.8 Å². The molecule has 23 heavy (non-hydrogen) atoms. The van der Waals surface area contributed by atoms with Crippen molar-refractivity contribution >= 4 is 59.4 Å². The van der Waals surface area contributed by atoms with Crippen molar-refractivity contribution in [1.29, 1.82) is 0 Å². The van der Waals surface area contributed by atoms with Crippen molar-refractivity contribution in [3.8, 4) is 0 Å². The van der Waals surface area contributed by atoms with Gasteiger partial charge in [-0.2, -0.15) is 0 Å². The van der Waals surface area contributed by atoms with Gasteiger partial charge in [-0.05, 0) is 0 Å². The van der Waals surface area contributed by atoms with Crippen LogP contribution < -0.4 is 5.73 Å². The summed E-state index contributed by atoms with van der Waals surface area (Å²) < 4.78 is 0. The van der Waals surface area contributed by atoms with E-state index in [2.05, 4.69) is 0 Å². The van der Waals surface area contributed by atoms with E-state index in [0.29, 0.717) is 0 Å². The van der Waals surface area contributed by atoms with Crippen LogP contribution in [0.25, 0.3) is 0 Å². The molecule has 0 spiro atoms. The Balaban J connectivity index is -0.000000354. The van der Waals surface area contributed by atoms with Gasteiger partial charge in [0, 0.05) is 29.6 Å². The Labute approximate surface area is 150 Å². The number of nitrogens with two attached hydrogens (primary N) is 1. The fourth-order valence-electron chi connectivity index (χ4n) is 0.990. The van der Waals surface area contributed by atoms with Crippen molar-refractivity contribution < 1.29 is 54.6 Å². The van der Waals surface area contributed by atoms with Gasteiger partial charge in [0.2, 0.25) is 0 Å². The molecular weight excluding hydrogens is 333 g/mol. The first-order valence-corrected chi connectivity index (χ1v) is 5.41. The number of carboxylic acid groups (broad SMARTS) is 5. The quantitative estimate of drug-likeness (QED) is 0.221. The number of carboxylic acids is 5. The second-order valence-corrected chi connectivity index (χ2v) is 4.02. The van der Waals surface area contributed by atoms with Crippen LogP contribution in [0.2, 0.25) is 0 Å². The molecule has 0 heterocycles. The predicted molar refractivity (Wildman–Crippen MR) is 70.7 cm³/mol. The van der Waals surface area contributed by atoms with Crippen molar-refractivity contribution in [1.82, 2.24) is 0 Å². The molecule has 0 saturated heterocycles. The second-order valence-electron chi connectivity index (χ2n) is 4.02. The minimum atomic E-state index is -2.74. The molecule has 0 aromatic heterocycles. The fraction of sp³-hybridized carbons (Fsp3) is 0.500. The van der Waals surface area contributed by atoms with Crippen LogP contribution in [-0.2, 0) is 24.0 Å². The van der Waals surface area contributed by atoms with E-state index in [9.17, 15) is 24.0 Å². The molecule has 127 valence electrons. The number of hydrogen-bond acceptors (Lipinski definition) is 7. The van der Waals surface area contributed by atoms with Crippen molar-refractivity contribution in [2.75, 3.05) is 0 Å². The van der Waals surface area contributed by atoms with Gasteiger partial charge in [-0.25, -0.2) is 4.79 Å². The average Bonchev–Trinajstić information content (AvgIpc) is 2.25. The second kappa shape index (κ2) is 11.8. The third-order valence-corrected chi connectivity index (χ3v) is 2.00. The van der Waals surface area contributed by atoms with Gasteiger partial charge < -0.3 is 36.4 Å². The van der Waals surface area contributed by atoms with E-state index in [0.717, 1.165) is 0 Å². The molecule has 12 nitrogen and oxygen atoms in total. The summed E-state index contributed by atoms with van der Waals surface area (Å²) >= 11 is 0. The molecular formula is C10H15NNaO11. The molecule has 0 saturated carbocycles. The van der Waals surface area contributed by atoms with Gasteiger partial charge in [-0.15, -0.1) is 0 Å². The summed E-state index contributed by atoms with van der Waals surface area (Å²) in [6.07, 6.45) is -2.82. The number of aliphatic hydroxyl groups is 1. The molecule has 0 aliphatic rings. The summed E-state index contributed by atoms with van der Waals surface area (Å²) in [5, 5.41) is 49.8. The molecule has 0 bridgehead atoms. The first-order valence-electron chi connectivity index (χ1n) is 5.41. The van der Waals surface area contributed by atoms with E-state index in [1.54, 1.807) is 0 Å². The Morgan fingerprint density at radius 3 is 1.30 bits per heavy atom. The van der Waals surface area contributed by atoms with Crippen molar-refractivity contribution in [3.05, 3.63) is 0 Å². The Bertz CT molecular complexity index is 448. The Morgan fingerprint density at radius 1 is 0.826 bits per heavy atom. The molecule has 0 aliphatic heterocycles. The summed E-state index contributed by atoms with van der Waals surface area (Å²) in [4.78, 5) is 50.1. The smallest absolute Gasteiger partial charge is 0.336 e. The minimum Gasteiger partial charge on any atom is -0.481 e. The Hall–Kier alpha value is -1.73. The SMILES string of the molecule is N[C@@H](CC(=O)O)C(=O)O.O=C(O)CC(O)(CC(=O)O)C(=O)O.[Na]. The first-order chi connectivity index (χ1) is 9.81. The Morgan fingerprint density at radius 2 is 1.17 bits per heavy atom. The van der Waals surface area contributed by atoms with Crippen LogP contribution in [0, 0.1) is 0 Å². The van der Waals surface area contributed by atoms with E-state index in [1.807, 2.05) is 0 Å². The molecule has 0 unspecified atom stereocenters. The van der Waals surface area contributed by atoms with Gasteiger partial charge in [0.25, 0.3) is 0 Å². The van der Waals surface area contributed by atoms with E-state index in [4.69, 9.17) is 36.4 Å². The average molecular weight is 348 g/mol. The van der Waals surface area contributed by atoms with Gasteiger partial charge in [0.1, 0.15) is 6.04 Å². The van der Waals surface area contributed by atoms with Crippen molar-refractivity contribution in [2.24, 2.45) is 5.73 Å². The van der Waals surface area contributed by atoms with E-state index in [-0.39, 0.29) is 29.6 Å². The summed E-state index contributed by atoms with van der Waals surface area (Å²) in [7, 11) is 0. The zero-order chi connectivity index (χ0) is 18.1. The maximum Gasteiger partial charge on any atom is 0.336 e. The summed E-state index contributed by atoms with van der Waals surface area (Å²) in [6, 6.07) is -1.29. The third kappa shape index (κ3) is 13.6. The molecule has 0 rings (SSSR count). The molecule has 0 aromatic carbocycles. The maximum atomic E-state index is 10.3. The van der Waals surface area contributed by atoms with Crippen LogP contribution in [0.1, 0.15) is 19.3 Å². The molecule has 0 aliphatic carbocycles. The summed E-state index contributed by atoms with van der Waals surface area (Å²) in [5.74, 6) is -7.52. The molecule has 0 aromatic rings. The molecule has 1 atom stereocenters. The first kappa shape index (κ1) is 26.2. The Kier molecular flexibility index (Phi) is 13.4. The van der Waals surface area contributed by atoms with Gasteiger partial charge in [-0.1, -0.05) is 0 Å². The topological polar surface area (TPSA) is 233 Å². The predicted octanol–water partition coefficient (Wildman–Crippen LogP) is -2.76. The normalized spacial score (nSPS) is 11.0. The van der Waals surface area contributed by atoms with E-state index >= 15 is 0 Å². The largest absolute Gasteiger partial charge is 0.481 e. The van der Waals surface area contributed by atoms with Gasteiger partial charge in [0.05, 0.1) is 19.3 Å². The number of aliphatic carboxylic acids is 5. The number of hydrogen-bond donors (Lipinski definition) is 7. The van der Waals surface area contributed by atoms with Gasteiger partial charge in [-0.3, -0.25) is 19.2 Å². The van der Waals surface area contributed by atoms with Crippen LogP contribution in [0.15, 0.2) is 0 Å². The third-order valence-electron chi connectivity index (χ3n) is 2.00. The zero-order valence-corrected chi connectivity index (χ0v) is 14.0. The van der Waals surface area contributed by atoms with E-state index in [1.165, 1.54) is 0 Å². The van der Waals surface area contributed by atoms with Crippen LogP contribution in [0.3, 0.4) is 0 Å². The van der Waals surface area contributed by atoms with Crippen LogP contribution >= 0.6 is 0 Å². The molecule has 0 amide bonds. The van der Waals surface area contributed by atoms with Crippen molar-refractivity contribution in [2.45, 2.75) is 30.9 Å². The number of rotatable bonds is 8. The van der Waals surface area contributed by atoms with Crippen LogP contribution in [0.5, 0.6) is 0 Å².